The molecule has 3 aromatic carbocycles. The number of ether oxygens (including phenoxy) is 1. The second kappa shape index (κ2) is 6.47. The van der Waals surface area contributed by atoms with Crippen molar-refractivity contribution in [1.29, 1.82) is 0 Å². The Balaban J connectivity index is 1.62. The van der Waals surface area contributed by atoms with Crippen LogP contribution in [-0.4, -0.2) is 4.21 Å². The number of para-hydroxylation sites is 1. The van der Waals surface area contributed by atoms with Crippen molar-refractivity contribution >= 4 is 11.3 Å². The average Bonchev–Trinajstić information content (AvgIpc) is 2.62. The Kier molecular flexibility index (Phi) is 4.02. The molecule has 0 saturated heterocycles. The molecule has 1 N–H and O–H groups in total. The molecule has 0 radical (unpaired) electrons. The van der Waals surface area contributed by atoms with Gasteiger partial charge in [0, 0.05) is 12.1 Å². The summed E-state index contributed by atoms with van der Waals surface area (Å²) in [5.74, 6) is 2.25. The van der Waals surface area contributed by atoms with Gasteiger partial charge in [-0.3, -0.25) is 0 Å². The van der Waals surface area contributed by atoms with Crippen LogP contribution in [0.1, 0.15) is 5.56 Å². The van der Waals surface area contributed by atoms with Crippen molar-refractivity contribution in [1.82, 2.24) is 4.72 Å². The summed E-state index contributed by atoms with van der Waals surface area (Å²) in [6.45, 7) is 0.514. The lowest BCUT2D eigenvalue weighted by Gasteiger charge is -2.19. The normalized spacial score (nSPS) is 16.1. The molecule has 24 heavy (non-hydrogen) atoms. The molecule has 120 valence electrons. The van der Waals surface area contributed by atoms with E-state index in [0.29, 0.717) is 12.3 Å². The Morgan fingerprint density at radius 2 is 1.62 bits per heavy atom. The Labute approximate surface area is 142 Å². The highest BCUT2D eigenvalue weighted by molar-refractivity contribution is 7.78. The molecule has 1 heterocycles. The minimum atomic E-state index is -1.46. The number of rotatable bonds is 3. The van der Waals surface area contributed by atoms with Crippen LogP contribution in [0.5, 0.6) is 17.2 Å². The fraction of sp³-hybridized carbons (Fsp3) is 0.0526. The first-order valence-corrected chi connectivity index (χ1v) is 8.66. The summed E-state index contributed by atoms with van der Waals surface area (Å²) in [6, 6.07) is 23.4. The molecule has 0 saturated carbocycles. The summed E-state index contributed by atoms with van der Waals surface area (Å²) in [6.07, 6.45) is 0. The molecule has 3 aromatic rings. The van der Waals surface area contributed by atoms with Crippen LogP contribution in [0, 0.1) is 0 Å². The van der Waals surface area contributed by atoms with Crippen molar-refractivity contribution in [2.75, 3.05) is 0 Å². The van der Waals surface area contributed by atoms with Gasteiger partial charge in [-0.05, 0) is 41.5 Å². The summed E-state index contributed by atoms with van der Waals surface area (Å²) in [4.78, 5) is 0. The molecule has 4 nitrogen and oxygen atoms in total. The zero-order chi connectivity index (χ0) is 16.4. The van der Waals surface area contributed by atoms with E-state index in [2.05, 4.69) is 4.72 Å². The SMILES string of the molecule is O=S1NCc2c(cccc2-c2ccc(Oc3ccccc3)cc2)O1. The molecule has 4 rings (SSSR count). The lowest BCUT2D eigenvalue weighted by atomic mass is 9.99. The van der Waals surface area contributed by atoms with Crippen LogP contribution in [0.2, 0.25) is 0 Å². The monoisotopic (exact) mass is 337 g/mol. The molecule has 0 aromatic heterocycles. The van der Waals surface area contributed by atoms with Crippen LogP contribution >= 0.6 is 0 Å². The van der Waals surface area contributed by atoms with Gasteiger partial charge in [0.1, 0.15) is 17.2 Å². The van der Waals surface area contributed by atoms with Crippen molar-refractivity contribution < 1.29 is 13.1 Å². The first-order chi connectivity index (χ1) is 11.8. The molecular formula is C19H15NO3S. The summed E-state index contributed by atoms with van der Waals surface area (Å²) < 4.78 is 25.4. The fourth-order valence-electron chi connectivity index (χ4n) is 2.67. The average molecular weight is 337 g/mol. The van der Waals surface area contributed by atoms with Crippen LogP contribution in [-0.2, 0) is 17.8 Å². The second-order valence-corrected chi connectivity index (χ2v) is 6.29. The van der Waals surface area contributed by atoms with Gasteiger partial charge in [-0.2, -0.15) is 8.93 Å². The number of hydrogen-bond acceptors (Lipinski definition) is 3. The van der Waals surface area contributed by atoms with E-state index in [9.17, 15) is 4.21 Å². The van der Waals surface area contributed by atoms with Crippen molar-refractivity contribution in [2.45, 2.75) is 6.54 Å². The topological polar surface area (TPSA) is 47.6 Å². The Hall–Kier alpha value is -2.63. The van der Waals surface area contributed by atoms with Gasteiger partial charge in [-0.15, -0.1) is 0 Å². The highest BCUT2D eigenvalue weighted by Crippen LogP contribution is 2.34. The minimum Gasteiger partial charge on any atom is -0.457 e. The standard InChI is InChI=1S/C19H15NO3S/c21-24-20-13-18-17(7-4-8-19(18)23-24)14-9-11-16(12-10-14)22-15-5-2-1-3-6-15/h1-12,20H,13H2. The van der Waals surface area contributed by atoms with Gasteiger partial charge in [0.15, 0.2) is 0 Å². The second-order valence-electron chi connectivity index (χ2n) is 5.36. The number of nitrogens with one attached hydrogen (secondary N) is 1. The first kappa shape index (κ1) is 14.9. The molecule has 1 aliphatic heterocycles. The smallest absolute Gasteiger partial charge is 0.288 e. The van der Waals surface area contributed by atoms with Crippen molar-refractivity contribution in [2.24, 2.45) is 0 Å². The quantitative estimate of drug-likeness (QED) is 0.779. The number of fused-ring (bicyclic) bond motifs is 1. The van der Waals surface area contributed by atoms with Crippen LogP contribution in [0.3, 0.4) is 0 Å². The molecule has 0 bridgehead atoms. The molecule has 0 fully saturated rings. The number of benzene rings is 3. The van der Waals surface area contributed by atoms with Crippen LogP contribution in [0.4, 0.5) is 0 Å². The van der Waals surface area contributed by atoms with Gasteiger partial charge < -0.3 is 8.92 Å². The molecular weight excluding hydrogens is 322 g/mol. The Morgan fingerprint density at radius 3 is 2.42 bits per heavy atom. The third-order valence-corrected chi connectivity index (χ3v) is 4.52. The summed E-state index contributed by atoms with van der Waals surface area (Å²) in [5.41, 5.74) is 3.13. The minimum absolute atomic E-state index is 0.514. The molecule has 0 spiro atoms. The third-order valence-electron chi connectivity index (χ3n) is 3.81. The van der Waals surface area contributed by atoms with Gasteiger partial charge in [0.2, 0.25) is 0 Å². The van der Waals surface area contributed by atoms with Crippen LogP contribution < -0.4 is 13.6 Å². The van der Waals surface area contributed by atoms with E-state index in [4.69, 9.17) is 8.92 Å². The summed E-state index contributed by atoms with van der Waals surface area (Å²) in [7, 11) is 0. The van der Waals surface area contributed by atoms with Crippen molar-refractivity contribution in [3.8, 4) is 28.4 Å². The van der Waals surface area contributed by atoms with E-state index in [1.807, 2.05) is 72.8 Å². The van der Waals surface area contributed by atoms with E-state index in [0.717, 1.165) is 28.2 Å². The van der Waals surface area contributed by atoms with E-state index in [-0.39, 0.29) is 0 Å². The molecule has 5 heteroatoms. The molecule has 1 aliphatic rings. The molecule has 1 unspecified atom stereocenters. The zero-order valence-electron chi connectivity index (χ0n) is 12.8. The largest absolute Gasteiger partial charge is 0.457 e. The zero-order valence-corrected chi connectivity index (χ0v) is 13.6. The van der Waals surface area contributed by atoms with Gasteiger partial charge in [0.05, 0.1) is 0 Å². The van der Waals surface area contributed by atoms with Gasteiger partial charge >= 0.3 is 0 Å². The maximum absolute atomic E-state index is 11.5. The first-order valence-electron chi connectivity index (χ1n) is 7.58. The fourth-order valence-corrected chi connectivity index (χ4v) is 3.31. The third kappa shape index (κ3) is 3.04. The van der Waals surface area contributed by atoms with E-state index in [1.54, 1.807) is 0 Å². The van der Waals surface area contributed by atoms with Crippen molar-refractivity contribution in [3.05, 3.63) is 78.4 Å². The Morgan fingerprint density at radius 1 is 0.875 bits per heavy atom. The van der Waals surface area contributed by atoms with Gasteiger partial charge in [-0.25, -0.2) is 0 Å². The summed E-state index contributed by atoms with van der Waals surface area (Å²) >= 11 is -1.46. The predicted octanol–water partition coefficient (Wildman–Crippen LogP) is 4.21. The van der Waals surface area contributed by atoms with E-state index < -0.39 is 11.3 Å². The molecule has 0 aliphatic carbocycles. The van der Waals surface area contributed by atoms with Crippen LogP contribution in [0.15, 0.2) is 72.8 Å². The molecule has 1 atom stereocenters. The lowest BCUT2D eigenvalue weighted by molar-refractivity contribution is 0.483. The Bertz CT molecular complexity index is 879. The highest BCUT2D eigenvalue weighted by atomic mass is 32.2. The van der Waals surface area contributed by atoms with Gasteiger partial charge in [0.25, 0.3) is 11.3 Å². The predicted molar refractivity (Wildman–Crippen MR) is 94.0 cm³/mol. The molecule has 0 amide bonds. The van der Waals surface area contributed by atoms with Crippen molar-refractivity contribution in [3.63, 3.8) is 0 Å². The van der Waals surface area contributed by atoms with E-state index >= 15 is 0 Å². The van der Waals surface area contributed by atoms with E-state index in [1.165, 1.54) is 0 Å². The highest BCUT2D eigenvalue weighted by Gasteiger charge is 2.19. The maximum Gasteiger partial charge on any atom is 0.288 e. The summed E-state index contributed by atoms with van der Waals surface area (Å²) in [5, 5.41) is 0. The van der Waals surface area contributed by atoms with Crippen LogP contribution in [0.25, 0.3) is 11.1 Å². The number of hydrogen-bond donors (Lipinski definition) is 1. The maximum atomic E-state index is 11.5. The lowest BCUT2D eigenvalue weighted by Crippen LogP contribution is -2.26. The van der Waals surface area contributed by atoms with Gasteiger partial charge in [-0.1, -0.05) is 42.5 Å².